The molecule has 1 aliphatic carbocycles. The summed E-state index contributed by atoms with van der Waals surface area (Å²) in [6.07, 6.45) is 6.12. The zero-order valence-electron chi connectivity index (χ0n) is 10.8. The molecular formula is C15H22O2. The molecule has 2 heteroatoms. The fourth-order valence-electron chi connectivity index (χ4n) is 2.79. The summed E-state index contributed by atoms with van der Waals surface area (Å²) in [5.41, 5.74) is 1.78. The zero-order valence-corrected chi connectivity index (χ0v) is 10.8. The second-order valence-electron chi connectivity index (χ2n) is 5.01. The van der Waals surface area contributed by atoms with Gasteiger partial charge in [-0.15, -0.1) is 0 Å². The van der Waals surface area contributed by atoms with E-state index in [9.17, 15) is 5.11 Å². The summed E-state index contributed by atoms with van der Waals surface area (Å²) in [5, 5.41) is 10.8. The molecule has 1 aliphatic rings. The largest absolute Gasteiger partial charge is 0.497 e. The Labute approximate surface area is 104 Å². The molecule has 0 saturated carbocycles. The number of aliphatic hydroxyl groups is 1. The van der Waals surface area contributed by atoms with Crippen molar-refractivity contribution in [3.8, 4) is 5.75 Å². The van der Waals surface area contributed by atoms with E-state index in [2.05, 4.69) is 13.0 Å². The van der Waals surface area contributed by atoms with E-state index in [0.717, 1.165) is 49.8 Å². The Hall–Kier alpha value is -1.02. The molecule has 0 spiro atoms. The van der Waals surface area contributed by atoms with Gasteiger partial charge in [0.25, 0.3) is 0 Å². The molecule has 1 atom stereocenters. The molecule has 2 rings (SSSR count). The van der Waals surface area contributed by atoms with Gasteiger partial charge in [-0.3, -0.25) is 0 Å². The van der Waals surface area contributed by atoms with Crippen molar-refractivity contribution in [2.75, 3.05) is 7.11 Å². The number of hydrogen-bond acceptors (Lipinski definition) is 2. The summed E-state index contributed by atoms with van der Waals surface area (Å²) in [6, 6.07) is 6.08. The molecule has 2 nitrogen and oxygen atoms in total. The van der Waals surface area contributed by atoms with E-state index < -0.39 is 5.60 Å². The lowest BCUT2D eigenvalue weighted by atomic mass is 9.76. The Morgan fingerprint density at radius 2 is 2.24 bits per heavy atom. The Morgan fingerprint density at radius 3 is 2.94 bits per heavy atom. The Morgan fingerprint density at radius 1 is 1.41 bits per heavy atom. The van der Waals surface area contributed by atoms with E-state index in [1.165, 1.54) is 5.56 Å². The Bertz CT molecular complexity index is 387. The van der Waals surface area contributed by atoms with Crippen molar-refractivity contribution >= 4 is 0 Å². The van der Waals surface area contributed by atoms with Crippen molar-refractivity contribution in [2.45, 2.75) is 51.0 Å². The van der Waals surface area contributed by atoms with Crippen molar-refractivity contribution in [3.05, 3.63) is 29.3 Å². The number of hydrogen-bond donors (Lipinski definition) is 1. The number of aryl methyl sites for hydroxylation is 1. The van der Waals surface area contributed by atoms with Crippen molar-refractivity contribution < 1.29 is 9.84 Å². The molecule has 0 heterocycles. The van der Waals surface area contributed by atoms with Gasteiger partial charge >= 0.3 is 0 Å². The first-order valence-electron chi connectivity index (χ1n) is 6.59. The maximum absolute atomic E-state index is 10.8. The summed E-state index contributed by atoms with van der Waals surface area (Å²) in [5.74, 6) is 0.892. The smallest absolute Gasteiger partial charge is 0.119 e. The molecule has 1 aromatic rings. The molecule has 0 fully saturated rings. The maximum atomic E-state index is 10.8. The molecule has 0 aromatic heterocycles. The molecule has 0 saturated heterocycles. The summed E-state index contributed by atoms with van der Waals surface area (Å²) in [6.45, 7) is 2.17. The van der Waals surface area contributed by atoms with Gasteiger partial charge in [0.15, 0.2) is 0 Å². The van der Waals surface area contributed by atoms with Gasteiger partial charge in [-0.05, 0) is 48.9 Å². The molecule has 0 bridgehead atoms. The average molecular weight is 234 g/mol. The minimum Gasteiger partial charge on any atom is -0.497 e. The number of ether oxygens (including phenoxy) is 1. The topological polar surface area (TPSA) is 29.5 Å². The highest BCUT2D eigenvalue weighted by Gasteiger charge is 2.33. The third-order valence-electron chi connectivity index (χ3n) is 3.79. The first-order valence-corrected chi connectivity index (χ1v) is 6.59. The van der Waals surface area contributed by atoms with E-state index in [1.807, 2.05) is 12.1 Å². The first-order chi connectivity index (χ1) is 8.19. The van der Waals surface area contributed by atoms with Gasteiger partial charge < -0.3 is 9.84 Å². The predicted molar refractivity (Wildman–Crippen MR) is 69.4 cm³/mol. The Kier molecular flexibility index (Phi) is 3.72. The number of methoxy groups -OCH3 is 1. The average Bonchev–Trinajstić information content (AvgIpc) is 2.36. The van der Waals surface area contributed by atoms with Crippen LogP contribution < -0.4 is 4.74 Å². The van der Waals surface area contributed by atoms with Crippen LogP contribution >= 0.6 is 0 Å². The highest BCUT2D eigenvalue weighted by atomic mass is 16.5. The third-order valence-corrected chi connectivity index (χ3v) is 3.79. The second kappa shape index (κ2) is 5.09. The van der Waals surface area contributed by atoms with Gasteiger partial charge in [0.1, 0.15) is 5.75 Å². The molecule has 17 heavy (non-hydrogen) atoms. The van der Waals surface area contributed by atoms with Gasteiger partial charge in [-0.1, -0.05) is 25.8 Å². The van der Waals surface area contributed by atoms with Crippen molar-refractivity contribution in [2.24, 2.45) is 0 Å². The minimum absolute atomic E-state index is 0.601. The quantitative estimate of drug-likeness (QED) is 0.865. The van der Waals surface area contributed by atoms with Crippen LogP contribution in [0.4, 0.5) is 0 Å². The van der Waals surface area contributed by atoms with Crippen molar-refractivity contribution in [3.63, 3.8) is 0 Å². The second-order valence-corrected chi connectivity index (χ2v) is 5.01. The summed E-state index contributed by atoms with van der Waals surface area (Å²) < 4.78 is 5.25. The minimum atomic E-state index is -0.601. The Balaban J connectivity index is 2.30. The van der Waals surface area contributed by atoms with Crippen LogP contribution in [0.15, 0.2) is 18.2 Å². The fourth-order valence-corrected chi connectivity index (χ4v) is 2.79. The van der Waals surface area contributed by atoms with Gasteiger partial charge in [-0.25, -0.2) is 0 Å². The number of benzene rings is 1. The normalized spacial score (nSPS) is 23.2. The zero-order chi connectivity index (χ0) is 12.3. The van der Waals surface area contributed by atoms with Crippen LogP contribution in [0.5, 0.6) is 5.75 Å². The van der Waals surface area contributed by atoms with Crippen LogP contribution in [0.3, 0.4) is 0 Å². The highest BCUT2D eigenvalue weighted by molar-refractivity contribution is 5.40. The SMILES string of the molecule is CCCC[C@@]1(O)CCCc2cc(OC)ccc21. The van der Waals surface area contributed by atoms with E-state index in [0.29, 0.717) is 0 Å². The standard InChI is InChI=1S/C15H22O2/c1-3-4-9-15(16)10-5-6-12-11-13(17-2)7-8-14(12)15/h7-8,11,16H,3-6,9-10H2,1-2H3/t15-/m1/s1. The van der Waals surface area contributed by atoms with Gasteiger partial charge in [0.05, 0.1) is 12.7 Å². The highest BCUT2D eigenvalue weighted by Crippen LogP contribution is 2.40. The molecule has 94 valence electrons. The molecule has 1 N–H and O–H groups in total. The first kappa shape index (κ1) is 12.4. The monoisotopic (exact) mass is 234 g/mol. The lowest BCUT2D eigenvalue weighted by molar-refractivity contribution is 0.00794. The fraction of sp³-hybridized carbons (Fsp3) is 0.600. The van der Waals surface area contributed by atoms with Crippen LogP contribution in [0.2, 0.25) is 0 Å². The lowest BCUT2D eigenvalue weighted by Crippen LogP contribution is -2.30. The summed E-state index contributed by atoms with van der Waals surface area (Å²) >= 11 is 0. The molecule has 0 amide bonds. The van der Waals surface area contributed by atoms with Crippen molar-refractivity contribution in [1.82, 2.24) is 0 Å². The van der Waals surface area contributed by atoms with Crippen LogP contribution in [0.1, 0.15) is 50.2 Å². The van der Waals surface area contributed by atoms with Crippen LogP contribution in [-0.4, -0.2) is 12.2 Å². The molecular weight excluding hydrogens is 212 g/mol. The third kappa shape index (κ3) is 2.47. The van der Waals surface area contributed by atoms with E-state index >= 15 is 0 Å². The van der Waals surface area contributed by atoms with Gasteiger partial charge in [-0.2, -0.15) is 0 Å². The summed E-state index contributed by atoms with van der Waals surface area (Å²) in [7, 11) is 1.69. The summed E-state index contributed by atoms with van der Waals surface area (Å²) in [4.78, 5) is 0. The molecule has 1 aromatic carbocycles. The number of fused-ring (bicyclic) bond motifs is 1. The van der Waals surface area contributed by atoms with E-state index in [-0.39, 0.29) is 0 Å². The van der Waals surface area contributed by atoms with E-state index in [1.54, 1.807) is 7.11 Å². The number of unbranched alkanes of at least 4 members (excludes halogenated alkanes) is 1. The predicted octanol–water partition coefficient (Wildman–Crippen LogP) is 3.41. The van der Waals surface area contributed by atoms with Crippen LogP contribution in [-0.2, 0) is 12.0 Å². The van der Waals surface area contributed by atoms with Crippen molar-refractivity contribution in [1.29, 1.82) is 0 Å². The van der Waals surface area contributed by atoms with Gasteiger partial charge in [0.2, 0.25) is 0 Å². The lowest BCUT2D eigenvalue weighted by Gasteiger charge is -2.35. The van der Waals surface area contributed by atoms with Gasteiger partial charge in [0, 0.05) is 0 Å². The van der Waals surface area contributed by atoms with Crippen LogP contribution in [0.25, 0.3) is 0 Å². The number of rotatable bonds is 4. The van der Waals surface area contributed by atoms with Crippen LogP contribution in [0, 0.1) is 0 Å². The molecule has 0 unspecified atom stereocenters. The molecule has 0 aliphatic heterocycles. The maximum Gasteiger partial charge on any atom is 0.119 e. The molecule has 0 radical (unpaired) electrons. The van der Waals surface area contributed by atoms with E-state index in [4.69, 9.17) is 4.74 Å².